The second-order valence-corrected chi connectivity index (χ2v) is 3.95. The third-order valence-corrected chi connectivity index (χ3v) is 2.98. The van der Waals surface area contributed by atoms with Crippen molar-refractivity contribution in [3.63, 3.8) is 0 Å². The van der Waals surface area contributed by atoms with Gasteiger partial charge in [-0.25, -0.2) is 0 Å². The lowest BCUT2D eigenvalue weighted by molar-refractivity contribution is -0.197. The molecule has 3 nitrogen and oxygen atoms in total. The Morgan fingerprint density at radius 2 is 1.87 bits per heavy atom. The maximum Gasteiger partial charge on any atom is 0.406 e. The molecule has 1 saturated carbocycles. The maximum atomic E-state index is 12.5. The summed E-state index contributed by atoms with van der Waals surface area (Å²) in [6, 6.07) is 0. The Hall–Kier alpha value is -0.780. The Labute approximate surface area is 85.8 Å². The van der Waals surface area contributed by atoms with E-state index >= 15 is 0 Å². The second kappa shape index (κ2) is 4.00. The van der Waals surface area contributed by atoms with Gasteiger partial charge in [-0.15, -0.1) is 0 Å². The third-order valence-electron chi connectivity index (χ3n) is 2.98. The molecule has 0 amide bonds. The van der Waals surface area contributed by atoms with E-state index in [9.17, 15) is 18.0 Å². The Morgan fingerprint density at radius 1 is 1.40 bits per heavy atom. The molecule has 0 heterocycles. The zero-order valence-electron chi connectivity index (χ0n) is 8.43. The van der Waals surface area contributed by atoms with Gasteiger partial charge in [-0.1, -0.05) is 0 Å². The van der Waals surface area contributed by atoms with Crippen LogP contribution in [0.3, 0.4) is 0 Å². The molecule has 0 bridgehead atoms. The lowest BCUT2D eigenvalue weighted by atomic mass is 9.76. The van der Waals surface area contributed by atoms with E-state index in [-0.39, 0.29) is 25.7 Å². The van der Waals surface area contributed by atoms with Crippen LogP contribution in [0.1, 0.15) is 25.7 Å². The monoisotopic (exact) mass is 225 g/mol. The van der Waals surface area contributed by atoms with Crippen LogP contribution in [0.5, 0.6) is 0 Å². The normalized spacial score (nSPS) is 32.5. The SMILES string of the molecule is COC(=O)C1CCC(N)(C(F)(F)F)CC1. The van der Waals surface area contributed by atoms with Crippen molar-refractivity contribution in [3.05, 3.63) is 0 Å². The van der Waals surface area contributed by atoms with Crippen LogP contribution in [0.15, 0.2) is 0 Å². The molecule has 0 aromatic heterocycles. The number of methoxy groups -OCH3 is 1. The molecule has 0 spiro atoms. The van der Waals surface area contributed by atoms with Gasteiger partial charge >= 0.3 is 12.1 Å². The number of halogens is 3. The van der Waals surface area contributed by atoms with E-state index in [0.29, 0.717) is 0 Å². The Kier molecular flexibility index (Phi) is 3.28. The summed E-state index contributed by atoms with van der Waals surface area (Å²) in [7, 11) is 1.23. The molecule has 1 fully saturated rings. The summed E-state index contributed by atoms with van der Waals surface area (Å²) in [5.74, 6) is -0.881. The first-order valence-corrected chi connectivity index (χ1v) is 4.73. The van der Waals surface area contributed by atoms with Crippen LogP contribution in [-0.2, 0) is 9.53 Å². The lowest BCUT2D eigenvalue weighted by Crippen LogP contribution is -2.55. The Bertz CT molecular complexity index is 244. The lowest BCUT2D eigenvalue weighted by Gasteiger charge is -2.37. The summed E-state index contributed by atoms with van der Waals surface area (Å²) in [5, 5.41) is 0. The summed E-state index contributed by atoms with van der Waals surface area (Å²) in [5.41, 5.74) is 3.14. The van der Waals surface area contributed by atoms with Gasteiger partial charge in [-0.2, -0.15) is 13.2 Å². The largest absolute Gasteiger partial charge is 0.469 e. The van der Waals surface area contributed by atoms with Gasteiger partial charge in [0.05, 0.1) is 13.0 Å². The van der Waals surface area contributed by atoms with Gasteiger partial charge in [-0.05, 0) is 25.7 Å². The highest BCUT2D eigenvalue weighted by Gasteiger charge is 2.53. The zero-order valence-corrected chi connectivity index (χ0v) is 8.43. The number of esters is 1. The molecule has 1 rings (SSSR count). The van der Waals surface area contributed by atoms with Crippen molar-refractivity contribution in [2.24, 2.45) is 11.7 Å². The predicted molar refractivity (Wildman–Crippen MR) is 46.9 cm³/mol. The summed E-state index contributed by atoms with van der Waals surface area (Å²) in [6.45, 7) is 0. The molecule has 0 aliphatic heterocycles. The molecule has 0 saturated heterocycles. The van der Waals surface area contributed by atoms with Gasteiger partial charge in [0.25, 0.3) is 0 Å². The van der Waals surface area contributed by atoms with Crippen LogP contribution in [0, 0.1) is 5.92 Å². The van der Waals surface area contributed by atoms with Crippen molar-refractivity contribution < 1.29 is 22.7 Å². The summed E-state index contributed by atoms with van der Waals surface area (Å²) in [4.78, 5) is 11.1. The Morgan fingerprint density at radius 3 is 2.20 bits per heavy atom. The number of ether oxygens (including phenoxy) is 1. The highest BCUT2D eigenvalue weighted by molar-refractivity contribution is 5.72. The minimum absolute atomic E-state index is 0.142. The number of carbonyl (C=O) groups is 1. The number of hydrogen-bond acceptors (Lipinski definition) is 3. The van der Waals surface area contributed by atoms with Gasteiger partial charge in [0.2, 0.25) is 0 Å². The van der Waals surface area contributed by atoms with Crippen LogP contribution in [-0.4, -0.2) is 24.8 Å². The van der Waals surface area contributed by atoms with E-state index in [1.54, 1.807) is 0 Å². The fourth-order valence-electron chi connectivity index (χ4n) is 1.82. The van der Waals surface area contributed by atoms with Gasteiger partial charge < -0.3 is 10.5 Å². The molecule has 0 atom stereocenters. The number of nitrogens with two attached hydrogens (primary N) is 1. The molecule has 6 heteroatoms. The number of rotatable bonds is 1. The quantitative estimate of drug-likeness (QED) is 0.690. The molecule has 0 radical (unpaired) electrons. The van der Waals surface area contributed by atoms with Crippen molar-refractivity contribution in [3.8, 4) is 0 Å². The average Bonchev–Trinajstić information content (AvgIpc) is 2.16. The molecule has 0 unspecified atom stereocenters. The molecular formula is C9H14F3NO2. The molecule has 1 aliphatic rings. The topological polar surface area (TPSA) is 52.3 Å². The molecule has 0 aromatic carbocycles. The first-order valence-electron chi connectivity index (χ1n) is 4.73. The third kappa shape index (κ3) is 2.42. The first-order chi connectivity index (χ1) is 6.80. The van der Waals surface area contributed by atoms with Crippen molar-refractivity contribution in [2.75, 3.05) is 7.11 Å². The summed E-state index contributed by atoms with van der Waals surface area (Å²) in [6.07, 6.45) is -4.54. The fourth-order valence-corrected chi connectivity index (χ4v) is 1.82. The molecule has 88 valence electrons. The number of alkyl halides is 3. The van der Waals surface area contributed by atoms with E-state index in [1.807, 2.05) is 0 Å². The van der Waals surface area contributed by atoms with Crippen molar-refractivity contribution in [1.29, 1.82) is 0 Å². The molecule has 2 N–H and O–H groups in total. The molecule has 15 heavy (non-hydrogen) atoms. The van der Waals surface area contributed by atoms with Crippen molar-refractivity contribution in [1.82, 2.24) is 0 Å². The van der Waals surface area contributed by atoms with Crippen LogP contribution >= 0.6 is 0 Å². The van der Waals surface area contributed by atoms with Gasteiger partial charge in [0.1, 0.15) is 5.54 Å². The zero-order chi connectivity index (χ0) is 11.7. The minimum Gasteiger partial charge on any atom is -0.469 e. The second-order valence-electron chi connectivity index (χ2n) is 3.95. The number of carbonyl (C=O) groups excluding carboxylic acids is 1. The van der Waals surface area contributed by atoms with Gasteiger partial charge in [0.15, 0.2) is 0 Å². The van der Waals surface area contributed by atoms with Crippen LogP contribution in [0.25, 0.3) is 0 Å². The first kappa shape index (κ1) is 12.3. The summed E-state index contributed by atoms with van der Waals surface area (Å²) >= 11 is 0. The standard InChI is InChI=1S/C9H14F3NO2/c1-15-7(14)6-2-4-8(13,5-3-6)9(10,11)12/h6H,2-5,13H2,1H3. The van der Waals surface area contributed by atoms with Crippen LogP contribution < -0.4 is 5.73 Å². The van der Waals surface area contributed by atoms with Gasteiger partial charge in [0, 0.05) is 0 Å². The van der Waals surface area contributed by atoms with Crippen LogP contribution in [0.2, 0.25) is 0 Å². The molecular weight excluding hydrogens is 211 g/mol. The van der Waals surface area contributed by atoms with E-state index in [1.165, 1.54) is 7.11 Å². The number of hydrogen-bond donors (Lipinski definition) is 1. The van der Waals surface area contributed by atoms with E-state index in [0.717, 1.165) is 0 Å². The minimum atomic E-state index is -4.39. The fraction of sp³-hybridized carbons (Fsp3) is 0.889. The highest BCUT2D eigenvalue weighted by atomic mass is 19.4. The van der Waals surface area contributed by atoms with Crippen molar-refractivity contribution >= 4 is 5.97 Å². The Balaban J connectivity index is 2.59. The molecule has 0 aromatic rings. The maximum absolute atomic E-state index is 12.5. The smallest absolute Gasteiger partial charge is 0.406 e. The van der Waals surface area contributed by atoms with Crippen LogP contribution in [0.4, 0.5) is 13.2 Å². The van der Waals surface area contributed by atoms with E-state index in [2.05, 4.69) is 4.74 Å². The van der Waals surface area contributed by atoms with E-state index in [4.69, 9.17) is 5.73 Å². The molecule has 1 aliphatic carbocycles. The summed E-state index contributed by atoms with van der Waals surface area (Å²) < 4.78 is 42.0. The predicted octanol–water partition coefficient (Wildman–Crippen LogP) is 1.61. The van der Waals surface area contributed by atoms with Crippen molar-refractivity contribution in [2.45, 2.75) is 37.4 Å². The van der Waals surface area contributed by atoms with Gasteiger partial charge in [-0.3, -0.25) is 4.79 Å². The van der Waals surface area contributed by atoms with E-state index < -0.39 is 23.6 Å². The average molecular weight is 225 g/mol. The highest BCUT2D eigenvalue weighted by Crippen LogP contribution is 2.41.